The van der Waals surface area contributed by atoms with E-state index >= 15 is 0 Å². The van der Waals surface area contributed by atoms with Gasteiger partial charge in [-0.2, -0.15) is 15.6 Å². The number of nitrogens with zero attached hydrogens (tertiary/aromatic N) is 4. The standard InChI is InChI=1S/C12H12N4O/c13-8-10(9-14)7-11-4-5-15-16(11)12-3-1-2-6-17-12/h4-5,7,12H,1-3,6H2/t12-/m1/s1. The third kappa shape index (κ3) is 2.52. The van der Waals surface area contributed by atoms with Crippen molar-refractivity contribution in [1.29, 1.82) is 10.5 Å². The fraction of sp³-hybridized carbons (Fsp3) is 0.417. The van der Waals surface area contributed by atoms with Crippen molar-refractivity contribution in [3.8, 4) is 12.1 Å². The second-order valence-electron chi connectivity index (χ2n) is 3.80. The molecule has 5 heteroatoms. The molecule has 86 valence electrons. The number of nitriles is 2. The number of aromatic nitrogens is 2. The van der Waals surface area contributed by atoms with Crippen LogP contribution in [0.15, 0.2) is 17.8 Å². The minimum absolute atomic E-state index is 0.0718. The molecule has 0 unspecified atom stereocenters. The maximum Gasteiger partial charge on any atom is 0.150 e. The SMILES string of the molecule is N#CC(C#N)=Cc1ccnn1[C@H]1CCCCO1. The zero-order valence-electron chi connectivity index (χ0n) is 9.33. The van der Waals surface area contributed by atoms with Crippen LogP contribution in [0, 0.1) is 22.7 Å². The maximum atomic E-state index is 8.72. The van der Waals surface area contributed by atoms with Gasteiger partial charge in [-0.1, -0.05) is 0 Å². The molecule has 1 aromatic rings. The van der Waals surface area contributed by atoms with Crippen LogP contribution in [0.25, 0.3) is 6.08 Å². The lowest BCUT2D eigenvalue weighted by Crippen LogP contribution is -2.20. The van der Waals surface area contributed by atoms with Crippen LogP contribution in [-0.4, -0.2) is 16.4 Å². The summed E-state index contributed by atoms with van der Waals surface area (Å²) in [5.74, 6) is 0. The smallest absolute Gasteiger partial charge is 0.150 e. The van der Waals surface area contributed by atoms with E-state index in [1.54, 1.807) is 16.9 Å². The van der Waals surface area contributed by atoms with Crippen LogP contribution in [0.3, 0.4) is 0 Å². The van der Waals surface area contributed by atoms with E-state index in [1.807, 2.05) is 12.1 Å². The highest BCUT2D eigenvalue weighted by molar-refractivity contribution is 5.59. The normalized spacial score (nSPS) is 19.1. The first kappa shape index (κ1) is 11.4. The van der Waals surface area contributed by atoms with Crippen LogP contribution in [-0.2, 0) is 4.74 Å². The van der Waals surface area contributed by atoms with Crippen LogP contribution in [0.1, 0.15) is 31.2 Å². The van der Waals surface area contributed by atoms with Crippen LogP contribution < -0.4 is 0 Å². The van der Waals surface area contributed by atoms with Crippen LogP contribution in [0.4, 0.5) is 0 Å². The first-order chi connectivity index (χ1) is 8.35. The minimum atomic E-state index is -0.0800. The van der Waals surface area contributed by atoms with Gasteiger partial charge in [-0.3, -0.25) is 0 Å². The van der Waals surface area contributed by atoms with E-state index in [4.69, 9.17) is 15.3 Å². The van der Waals surface area contributed by atoms with E-state index in [0.717, 1.165) is 31.6 Å². The molecule has 1 saturated heterocycles. The first-order valence-corrected chi connectivity index (χ1v) is 5.52. The van der Waals surface area contributed by atoms with E-state index in [9.17, 15) is 0 Å². The summed E-state index contributed by atoms with van der Waals surface area (Å²) in [6.07, 6.45) is 6.20. The quantitative estimate of drug-likeness (QED) is 0.725. The van der Waals surface area contributed by atoms with Crippen molar-refractivity contribution in [1.82, 2.24) is 9.78 Å². The molecule has 0 aromatic carbocycles. The van der Waals surface area contributed by atoms with Crippen molar-refractivity contribution in [2.45, 2.75) is 25.5 Å². The Morgan fingerprint density at radius 1 is 1.47 bits per heavy atom. The van der Waals surface area contributed by atoms with Crippen molar-refractivity contribution in [2.75, 3.05) is 6.61 Å². The fourth-order valence-electron chi connectivity index (χ4n) is 1.83. The molecule has 2 heterocycles. The van der Waals surface area contributed by atoms with Gasteiger partial charge < -0.3 is 4.74 Å². The molecular weight excluding hydrogens is 216 g/mol. The van der Waals surface area contributed by atoms with Gasteiger partial charge >= 0.3 is 0 Å². The van der Waals surface area contributed by atoms with E-state index in [1.165, 1.54) is 6.08 Å². The predicted molar refractivity (Wildman–Crippen MR) is 60.3 cm³/mol. The summed E-state index contributed by atoms with van der Waals surface area (Å²) in [5, 5.41) is 21.6. The number of rotatable bonds is 2. The first-order valence-electron chi connectivity index (χ1n) is 5.52. The molecule has 17 heavy (non-hydrogen) atoms. The van der Waals surface area contributed by atoms with Crippen LogP contribution in [0.2, 0.25) is 0 Å². The van der Waals surface area contributed by atoms with Crippen LogP contribution in [0.5, 0.6) is 0 Å². The molecular formula is C12H12N4O. The second-order valence-corrected chi connectivity index (χ2v) is 3.80. The number of ether oxygens (including phenoxy) is 1. The molecule has 2 rings (SSSR count). The predicted octanol–water partition coefficient (Wildman–Crippen LogP) is 2.01. The molecule has 0 spiro atoms. The third-order valence-corrected chi connectivity index (χ3v) is 2.66. The molecule has 1 aliphatic heterocycles. The zero-order chi connectivity index (χ0) is 12.1. The van der Waals surface area contributed by atoms with Crippen LogP contribution >= 0.6 is 0 Å². The molecule has 0 radical (unpaired) electrons. The number of hydrogen-bond acceptors (Lipinski definition) is 4. The summed E-state index contributed by atoms with van der Waals surface area (Å²) in [4.78, 5) is 0. The Labute approximate surface area is 99.5 Å². The summed E-state index contributed by atoms with van der Waals surface area (Å²) in [6, 6.07) is 5.45. The minimum Gasteiger partial charge on any atom is -0.356 e. The Morgan fingerprint density at radius 3 is 2.94 bits per heavy atom. The van der Waals surface area contributed by atoms with Crippen molar-refractivity contribution >= 4 is 6.08 Å². The molecule has 0 saturated carbocycles. The lowest BCUT2D eigenvalue weighted by atomic mass is 10.2. The van der Waals surface area contributed by atoms with E-state index in [2.05, 4.69) is 5.10 Å². The summed E-state index contributed by atoms with van der Waals surface area (Å²) in [6.45, 7) is 0.733. The molecule has 0 aliphatic carbocycles. The molecule has 1 aliphatic rings. The summed E-state index contributed by atoms with van der Waals surface area (Å²) in [5.41, 5.74) is 0.803. The molecule has 0 bridgehead atoms. The molecule has 1 fully saturated rings. The Hall–Kier alpha value is -2.11. The summed E-state index contributed by atoms with van der Waals surface area (Å²) < 4.78 is 7.35. The van der Waals surface area contributed by atoms with Crippen molar-refractivity contribution in [2.24, 2.45) is 0 Å². The average molecular weight is 228 g/mol. The number of allylic oxidation sites excluding steroid dienone is 1. The molecule has 5 nitrogen and oxygen atoms in total. The Balaban J connectivity index is 2.26. The van der Waals surface area contributed by atoms with Gasteiger partial charge in [-0.05, 0) is 31.4 Å². The van der Waals surface area contributed by atoms with Gasteiger partial charge in [0.25, 0.3) is 0 Å². The fourth-order valence-corrected chi connectivity index (χ4v) is 1.83. The van der Waals surface area contributed by atoms with Crippen molar-refractivity contribution < 1.29 is 4.74 Å². The molecule has 0 amide bonds. The topological polar surface area (TPSA) is 74.6 Å². The highest BCUT2D eigenvalue weighted by Gasteiger charge is 2.18. The van der Waals surface area contributed by atoms with Crippen molar-refractivity contribution in [3.63, 3.8) is 0 Å². The van der Waals surface area contributed by atoms with Gasteiger partial charge in [0.2, 0.25) is 0 Å². The Bertz CT molecular complexity index is 481. The zero-order valence-corrected chi connectivity index (χ0v) is 9.33. The van der Waals surface area contributed by atoms with Gasteiger partial charge in [0.05, 0.1) is 5.69 Å². The van der Waals surface area contributed by atoms with Gasteiger partial charge in [0.15, 0.2) is 6.23 Å². The van der Waals surface area contributed by atoms with E-state index < -0.39 is 0 Å². The van der Waals surface area contributed by atoms with Gasteiger partial charge in [-0.25, -0.2) is 4.68 Å². The van der Waals surface area contributed by atoms with Gasteiger partial charge in [0, 0.05) is 12.8 Å². The third-order valence-electron chi connectivity index (χ3n) is 2.66. The maximum absolute atomic E-state index is 8.72. The molecule has 1 aromatic heterocycles. The highest BCUT2D eigenvalue weighted by Crippen LogP contribution is 2.23. The molecule has 1 atom stereocenters. The second kappa shape index (κ2) is 5.29. The van der Waals surface area contributed by atoms with Gasteiger partial charge in [-0.15, -0.1) is 0 Å². The molecule has 0 N–H and O–H groups in total. The van der Waals surface area contributed by atoms with E-state index in [0.29, 0.717) is 0 Å². The van der Waals surface area contributed by atoms with Gasteiger partial charge in [0.1, 0.15) is 17.7 Å². The average Bonchev–Trinajstić information content (AvgIpc) is 2.85. The highest BCUT2D eigenvalue weighted by atomic mass is 16.5. The summed E-state index contributed by atoms with van der Waals surface area (Å²) in [7, 11) is 0. The van der Waals surface area contributed by atoms with Crippen molar-refractivity contribution in [3.05, 3.63) is 23.5 Å². The largest absolute Gasteiger partial charge is 0.356 e. The summed E-state index contributed by atoms with van der Waals surface area (Å²) >= 11 is 0. The Morgan fingerprint density at radius 2 is 2.29 bits per heavy atom. The lowest BCUT2D eigenvalue weighted by molar-refractivity contribution is -0.0398. The number of hydrogen-bond donors (Lipinski definition) is 0. The monoisotopic (exact) mass is 228 g/mol. The van der Waals surface area contributed by atoms with E-state index in [-0.39, 0.29) is 11.8 Å². The Kier molecular flexibility index (Phi) is 3.54. The lowest BCUT2D eigenvalue weighted by Gasteiger charge is -2.23.